The van der Waals surface area contributed by atoms with Gasteiger partial charge in [0.2, 0.25) is 0 Å². The van der Waals surface area contributed by atoms with Crippen LogP contribution in [0.3, 0.4) is 0 Å². The topological polar surface area (TPSA) is 25.2 Å². The van der Waals surface area contributed by atoms with Crippen molar-refractivity contribution in [3.05, 3.63) is 58.6 Å². The summed E-state index contributed by atoms with van der Waals surface area (Å²) in [5.74, 6) is -0.348. The van der Waals surface area contributed by atoms with E-state index in [2.05, 4.69) is 25.9 Å². The summed E-state index contributed by atoms with van der Waals surface area (Å²) in [5, 5.41) is 0. The minimum atomic E-state index is -0.348. The van der Waals surface area contributed by atoms with Crippen LogP contribution in [0.1, 0.15) is 5.56 Å². The molecule has 0 aliphatic heterocycles. The van der Waals surface area contributed by atoms with Crippen LogP contribution in [0.5, 0.6) is 0 Å². The number of aliphatic imine (C=N–C) groups is 1. The first-order chi connectivity index (χ1) is 7.75. The maximum Gasteiger partial charge on any atom is 0.149 e. The molecule has 80 valence electrons. The zero-order valence-electron chi connectivity index (χ0n) is 8.27. The molecule has 1 aromatic heterocycles. The smallest absolute Gasteiger partial charge is 0.149 e. The fourth-order valence-electron chi connectivity index (χ4n) is 1.18. The normalized spacial score (nSPS) is 10.9. The van der Waals surface area contributed by atoms with Gasteiger partial charge in [0, 0.05) is 23.1 Å². The summed E-state index contributed by atoms with van der Waals surface area (Å²) in [4.78, 5) is 7.96. The molecule has 0 saturated carbocycles. The highest BCUT2D eigenvalue weighted by Crippen LogP contribution is 2.21. The van der Waals surface area contributed by atoms with Gasteiger partial charge < -0.3 is 0 Å². The summed E-state index contributed by atoms with van der Waals surface area (Å²) in [6.07, 6.45) is 4.94. The SMILES string of the molecule is Fc1cc(Br)ccc1N=Cc1ccncc1. The van der Waals surface area contributed by atoms with Gasteiger partial charge in [-0.1, -0.05) is 15.9 Å². The van der Waals surface area contributed by atoms with Crippen molar-refractivity contribution >= 4 is 27.8 Å². The maximum absolute atomic E-state index is 13.4. The van der Waals surface area contributed by atoms with Crippen LogP contribution in [0.4, 0.5) is 10.1 Å². The lowest BCUT2D eigenvalue weighted by Gasteiger charge is -1.97. The summed E-state index contributed by atoms with van der Waals surface area (Å²) < 4.78 is 14.1. The van der Waals surface area contributed by atoms with E-state index in [-0.39, 0.29) is 5.82 Å². The van der Waals surface area contributed by atoms with Gasteiger partial charge in [-0.25, -0.2) is 4.39 Å². The molecule has 0 unspecified atom stereocenters. The van der Waals surface area contributed by atoms with Gasteiger partial charge in [-0.15, -0.1) is 0 Å². The minimum absolute atomic E-state index is 0.319. The Kier molecular flexibility index (Phi) is 3.41. The lowest BCUT2D eigenvalue weighted by Crippen LogP contribution is -1.82. The van der Waals surface area contributed by atoms with E-state index in [0.29, 0.717) is 10.2 Å². The van der Waals surface area contributed by atoms with Gasteiger partial charge in [0.05, 0.1) is 5.69 Å². The van der Waals surface area contributed by atoms with E-state index in [0.717, 1.165) is 5.56 Å². The Morgan fingerprint density at radius 1 is 1.19 bits per heavy atom. The standard InChI is InChI=1S/C12H8BrFN2/c13-10-1-2-12(11(14)7-10)16-8-9-3-5-15-6-4-9/h1-8H. The van der Waals surface area contributed by atoms with E-state index in [1.165, 1.54) is 6.07 Å². The predicted octanol–water partition coefficient (Wildman–Crippen LogP) is 3.73. The van der Waals surface area contributed by atoms with Crippen LogP contribution in [0.2, 0.25) is 0 Å². The number of pyridine rings is 1. The van der Waals surface area contributed by atoms with Crippen molar-refractivity contribution in [2.75, 3.05) is 0 Å². The summed E-state index contributed by atoms with van der Waals surface area (Å²) in [6, 6.07) is 8.37. The predicted molar refractivity (Wildman–Crippen MR) is 65.6 cm³/mol. The van der Waals surface area contributed by atoms with Crippen molar-refractivity contribution in [3.8, 4) is 0 Å². The molecule has 2 aromatic rings. The molecule has 16 heavy (non-hydrogen) atoms. The summed E-state index contributed by atoms with van der Waals surface area (Å²) in [5.41, 5.74) is 1.21. The molecule has 0 aliphatic carbocycles. The number of benzene rings is 1. The molecule has 0 bridgehead atoms. The van der Waals surface area contributed by atoms with Gasteiger partial charge in [0.25, 0.3) is 0 Å². The summed E-state index contributed by atoms with van der Waals surface area (Å²) in [7, 11) is 0. The van der Waals surface area contributed by atoms with Crippen molar-refractivity contribution < 1.29 is 4.39 Å². The maximum atomic E-state index is 13.4. The second-order valence-corrected chi connectivity index (χ2v) is 4.05. The highest BCUT2D eigenvalue weighted by atomic mass is 79.9. The van der Waals surface area contributed by atoms with E-state index in [9.17, 15) is 4.39 Å². The first-order valence-corrected chi connectivity index (χ1v) is 5.44. The fourth-order valence-corrected chi connectivity index (χ4v) is 1.51. The second kappa shape index (κ2) is 4.99. The Labute approximate surface area is 101 Å². The first kappa shape index (κ1) is 11.0. The average molecular weight is 279 g/mol. The molecule has 0 radical (unpaired) electrons. The molecule has 0 N–H and O–H groups in total. The van der Waals surface area contributed by atoms with E-state index in [1.807, 2.05) is 0 Å². The van der Waals surface area contributed by atoms with Crippen LogP contribution in [0.25, 0.3) is 0 Å². The van der Waals surface area contributed by atoms with Crippen LogP contribution < -0.4 is 0 Å². The number of aromatic nitrogens is 1. The molecule has 0 atom stereocenters. The average Bonchev–Trinajstić information content (AvgIpc) is 2.29. The zero-order chi connectivity index (χ0) is 11.4. The molecule has 0 spiro atoms. The molecule has 0 saturated heterocycles. The number of hydrogen-bond donors (Lipinski definition) is 0. The van der Waals surface area contributed by atoms with Crippen LogP contribution >= 0.6 is 15.9 Å². The van der Waals surface area contributed by atoms with Crippen molar-refractivity contribution in [1.82, 2.24) is 4.98 Å². The lowest BCUT2D eigenvalue weighted by atomic mass is 10.3. The van der Waals surface area contributed by atoms with Gasteiger partial charge in [-0.3, -0.25) is 9.98 Å². The Bertz CT molecular complexity index is 512. The van der Waals surface area contributed by atoms with Gasteiger partial charge >= 0.3 is 0 Å². The van der Waals surface area contributed by atoms with Gasteiger partial charge in [-0.05, 0) is 35.9 Å². The number of halogens is 2. The monoisotopic (exact) mass is 278 g/mol. The quantitative estimate of drug-likeness (QED) is 0.769. The summed E-state index contributed by atoms with van der Waals surface area (Å²) >= 11 is 3.19. The molecule has 1 aromatic carbocycles. The van der Waals surface area contributed by atoms with Crippen molar-refractivity contribution in [2.45, 2.75) is 0 Å². The third-order valence-electron chi connectivity index (χ3n) is 1.97. The van der Waals surface area contributed by atoms with Crippen LogP contribution in [0, 0.1) is 5.82 Å². The van der Waals surface area contributed by atoms with E-state index >= 15 is 0 Å². The molecule has 0 aliphatic rings. The first-order valence-electron chi connectivity index (χ1n) is 4.65. The Morgan fingerprint density at radius 2 is 1.94 bits per heavy atom. The summed E-state index contributed by atoms with van der Waals surface area (Å²) in [6.45, 7) is 0. The lowest BCUT2D eigenvalue weighted by molar-refractivity contribution is 0.629. The second-order valence-electron chi connectivity index (χ2n) is 3.13. The Hall–Kier alpha value is -1.55. The van der Waals surface area contributed by atoms with E-state index < -0.39 is 0 Å². The minimum Gasteiger partial charge on any atom is -0.265 e. The Balaban J connectivity index is 2.24. The Morgan fingerprint density at radius 3 is 2.62 bits per heavy atom. The van der Waals surface area contributed by atoms with Crippen molar-refractivity contribution in [2.24, 2.45) is 4.99 Å². The van der Waals surface area contributed by atoms with Gasteiger partial charge in [0.1, 0.15) is 5.82 Å². The van der Waals surface area contributed by atoms with Crippen LogP contribution in [-0.2, 0) is 0 Å². The van der Waals surface area contributed by atoms with Gasteiger partial charge in [-0.2, -0.15) is 0 Å². The van der Waals surface area contributed by atoms with E-state index in [1.54, 1.807) is 42.9 Å². The largest absolute Gasteiger partial charge is 0.265 e. The van der Waals surface area contributed by atoms with Crippen molar-refractivity contribution in [3.63, 3.8) is 0 Å². The van der Waals surface area contributed by atoms with Crippen LogP contribution in [-0.4, -0.2) is 11.2 Å². The fraction of sp³-hybridized carbons (Fsp3) is 0. The highest BCUT2D eigenvalue weighted by molar-refractivity contribution is 9.10. The number of rotatable bonds is 2. The molecule has 2 rings (SSSR count). The van der Waals surface area contributed by atoms with E-state index in [4.69, 9.17) is 0 Å². The third-order valence-corrected chi connectivity index (χ3v) is 2.46. The molecule has 0 fully saturated rings. The number of hydrogen-bond acceptors (Lipinski definition) is 2. The molecule has 1 heterocycles. The highest BCUT2D eigenvalue weighted by Gasteiger charge is 1.99. The van der Waals surface area contributed by atoms with Crippen molar-refractivity contribution in [1.29, 1.82) is 0 Å². The zero-order valence-corrected chi connectivity index (χ0v) is 9.86. The molecule has 4 heteroatoms. The van der Waals surface area contributed by atoms with Crippen LogP contribution in [0.15, 0.2) is 52.2 Å². The molecule has 2 nitrogen and oxygen atoms in total. The molecular formula is C12H8BrFN2. The molecule has 0 amide bonds. The van der Waals surface area contributed by atoms with Gasteiger partial charge in [0.15, 0.2) is 0 Å². The molecular weight excluding hydrogens is 271 g/mol. The third kappa shape index (κ3) is 2.73. The number of nitrogens with zero attached hydrogens (tertiary/aromatic N) is 2.